The van der Waals surface area contributed by atoms with Gasteiger partial charge in [-0.1, -0.05) is 24.3 Å². The third kappa shape index (κ3) is 3.97. The van der Waals surface area contributed by atoms with Gasteiger partial charge in [-0.3, -0.25) is 0 Å². The number of methoxy groups -OCH3 is 1. The number of ether oxygens (including phenoxy) is 1. The number of carbonyl (C=O) groups is 1. The van der Waals surface area contributed by atoms with E-state index in [0.717, 1.165) is 31.7 Å². The van der Waals surface area contributed by atoms with Gasteiger partial charge in [0.05, 0.1) is 12.3 Å². The van der Waals surface area contributed by atoms with Crippen molar-refractivity contribution in [3.8, 4) is 0 Å². The van der Waals surface area contributed by atoms with Gasteiger partial charge in [0, 0.05) is 26.8 Å². The molecule has 1 aromatic carbocycles. The molecule has 0 aliphatic carbocycles. The lowest BCUT2D eigenvalue weighted by Gasteiger charge is -2.24. The molecule has 0 fully saturated rings. The third-order valence-electron chi connectivity index (χ3n) is 4.50. The lowest BCUT2D eigenvalue weighted by molar-refractivity contribution is 0.168. The SMILES string of the molecule is COCCC(NC(=O)N1CCc2ccccc2CC1)c1ccco1. The number of urea groups is 1. The van der Waals surface area contributed by atoms with Gasteiger partial charge in [0.2, 0.25) is 0 Å². The fourth-order valence-corrected chi connectivity index (χ4v) is 3.12. The Morgan fingerprint density at radius 2 is 1.92 bits per heavy atom. The second kappa shape index (κ2) is 8.02. The van der Waals surface area contributed by atoms with E-state index in [0.29, 0.717) is 13.0 Å². The maximum Gasteiger partial charge on any atom is 0.318 e. The van der Waals surface area contributed by atoms with E-state index in [1.165, 1.54) is 11.1 Å². The number of hydrogen-bond acceptors (Lipinski definition) is 3. The number of nitrogens with one attached hydrogen (secondary N) is 1. The van der Waals surface area contributed by atoms with Crippen LogP contribution < -0.4 is 5.32 Å². The van der Waals surface area contributed by atoms with Crippen LogP contribution in [0.15, 0.2) is 47.1 Å². The molecule has 1 aromatic heterocycles. The van der Waals surface area contributed by atoms with Crippen molar-refractivity contribution < 1.29 is 13.9 Å². The summed E-state index contributed by atoms with van der Waals surface area (Å²) in [6.07, 6.45) is 4.11. The summed E-state index contributed by atoms with van der Waals surface area (Å²) in [5.41, 5.74) is 2.68. The molecule has 5 heteroatoms. The van der Waals surface area contributed by atoms with Gasteiger partial charge in [-0.15, -0.1) is 0 Å². The first-order valence-corrected chi connectivity index (χ1v) is 8.42. The first-order valence-electron chi connectivity index (χ1n) is 8.42. The number of carbonyl (C=O) groups excluding carboxylic acids is 1. The van der Waals surface area contributed by atoms with Crippen molar-refractivity contribution in [3.63, 3.8) is 0 Å². The van der Waals surface area contributed by atoms with E-state index >= 15 is 0 Å². The van der Waals surface area contributed by atoms with Crippen LogP contribution in [0.1, 0.15) is 29.3 Å². The van der Waals surface area contributed by atoms with E-state index < -0.39 is 0 Å². The standard InChI is InChI=1S/C19H24N2O3/c1-23-14-10-17(18-7-4-13-24-18)20-19(22)21-11-8-15-5-2-3-6-16(15)9-12-21/h2-7,13,17H,8-12,14H2,1H3,(H,20,22). The summed E-state index contributed by atoms with van der Waals surface area (Å²) < 4.78 is 10.6. The van der Waals surface area contributed by atoms with Gasteiger partial charge in [-0.2, -0.15) is 0 Å². The highest BCUT2D eigenvalue weighted by molar-refractivity contribution is 5.74. The Morgan fingerprint density at radius 3 is 2.50 bits per heavy atom. The number of furan rings is 1. The molecule has 1 unspecified atom stereocenters. The third-order valence-corrected chi connectivity index (χ3v) is 4.50. The summed E-state index contributed by atoms with van der Waals surface area (Å²) >= 11 is 0. The van der Waals surface area contributed by atoms with Crippen LogP contribution in [0.25, 0.3) is 0 Å². The van der Waals surface area contributed by atoms with E-state index in [-0.39, 0.29) is 12.1 Å². The molecule has 1 aliphatic heterocycles. The molecule has 2 heterocycles. The zero-order chi connectivity index (χ0) is 16.8. The van der Waals surface area contributed by atoms with Gasteiger partial charge < -0.3 is 19.4 Å². The molecule has 1 N–H and O–H groups in total. The van der Waals surface area contributed by atoms with Crippen molar-refractivity contribution in [2.75, 3.05) is 26.8 Å². The molecule has 1 atom stereocenters. The van der Waals surface area contributed by atoms with Crippen LogP contribution >= 0.6 is 0 Å². The van der Waals surface area contributed by atoms with Crippen LogP contribution in [0, 0.1) is 0 Å². The first-order chi connectivity index (χ1) is 11.8. The molecule has 0 spiro atoms. The zero-order valence-corrected chi connectivity index (χ0v) is 14.0. The highest BCUT2D eigenvalue weighted by atomic mass is 16.5. The summed E-state index contributed by atoms with van der Waals surface area (Å²) in [6.45, 7) is 2.03. The topological polar surface area (TPSA) is 54.7 Å². The monoisotopic (exact) mass is 328 g/mol. The number of rotatable bonds is 5. The van der Waals surface area contributed by atoms with E-state index in [2.05, 4.69) is 29.6 Å². The zero-order valence-electron chi connectivity index (χ0n) is 14.0. The molecular weight excluding hydrogens is 304 g/mol. The summed E-state index contributed by atoms with van der Waals surface area (Å²) in [5, 5.41) is 3.09. The van der Waals surface area contributed by atoms with Crippen molar-refractivity contribution >= 4 is 6.03 Å². The van der Waals surface area contributed by atoms with Crippen LogP contribution in [0.2, 0.25) is 0 Å². The molecule has 5 nitrogen and oxygen atoms in total. The van der Waals surface area contributed by atoms with Crippen molar-refractivity contribution in [1.82, 2.24) is 10.2 Å². The van der Waals surface area contributed by atoms with Crippen LogP contribution in [0.4, 0.5) is 4.79 Å². The second-order valence-corrected chi connectivity index (χ2v) is 6.05. The molecule has 0 saturated heterocycles. The average Bonchev–Trinajstić information content (AvgIpc) is 3.05. The molecule has 2 aromatic rings. The quantitative estimate of drug-likeness (QED) is 0.917. The van der Waals surface area contributed by atoms with Crippen molar-refractivity contribution in [3.05, 3.63) is 59.5 Å². The highest BCUT2D eigenvalue weighted by Gasteiger charge is 2.22. The fourth-order valence-electron chi connectivity index (χ4n) is 3.12. The number of hydrogen-bond donors (Lipinski definition) is 1. The normalized spacial score (nSPS) is 15.5. The van der Waals surface area contributed by atoms with E-state index in [1.807, 2.05) is 17.0 Å². The molecule has 128 valence electrons. The second-order valence-electron chi connectivity index (χ2n) is 6.05. The van der Waals surface area contributed by atoms with Gasteiger partial charge in [0.25, 0.3) is 0 Å². The minimum atomic E-state index is -0.168. The maximum atomic E-state index is 12.7. The van der Waals surface area contributed by atoms with Gasteiger partial charge in [0.1, 0.15) is 5.76 Å². The first kappa shape index (κ1) is 16.6. The van der Waals surface area contributed by atoms with Crippen molar-refractivity contribution in [1.29, 1.82) is 0 Å². The van der Waals surface area contributed by atoms with Gasteiger partial charge in [-0.05, 0) is 42.5 Å². The number of nitrogens with zero attached hydrogens (tertiary/aromatic N) is 1. The van der Waals surface area contributed by atoms with E-state index in [9.17, 15) is 4.79 Å². The smallest absolute Gasteiger partial charge is 0.318 e. The Bertz CT molecular complexity index is 627. The Labute approximate surface area is 142 Å². The molecule has 0 saturated carbocycles. The van der Waals surface area contributed by atoms with Crippen molar-refractivity contribution in [2.45, 2.75) is 25.3 Å². The minimum Gasteiger partial charge on any atom is -0.467 e. The van der Waals surface area contributed by atoms with Crippen LogP contribution in [0.5, 0.6) is 0 Å². The Kier molecular flexibility index (Phi) is 5.54. The lowest BCUT2D eigenvalue weighted by atomic mass is 10.0. The molecule has 3 rings (SSSR count). The summed E-state index contributed by atoms with van der Waals surface area (Å²) in [4.78, 5) is 14.6. The Morgan fingerprint density at radius 1 is 1.21 bits per heavy atom. The molecule has 0 radical (unpaired) electrons. The summed E-state index contributed by atoms with van der Waals surface area (Å²) in [6, 6.07) is 11.9. The van der Waals surface area contributed by atoms with Gasteiger partial charge in [0.15, 0.2) is 0 Å². The summed E-state index contributed by atoms with van der Waals surface area (Å²) in [7, 11) is 1.66. The molecule has 0 bridgehead atoms. The van der Waals surface area contributed by atoms with Crippen LogP contribution in [-0.2, 0) is 17.6 Å². The maximum absolute atomic E-state index is 12.7. The van der Waals surface area contributed by atoms with Gasteiger partial charge >= 0.3 is 6.03 Å². The Hall–Kier alpha value is -2.27. The Balaban J connectivity index is 1.63. The van der Waals surface area contributed by atoms with Crippen LogP contribution in [-0.4, -0.2) is 37.7 Å². The molecule has 2 amide bonds. The van der Waals surface area contributed by atoms with E-state index in [1.54, 1.807) is 13.4 Å². The molecule has 1 aliphatic rings. The summed E-state index contributed by atoms with van der Waals surface area (Å²) in [5.74, 6) is 0.763. The van der Waals surface area contributed by atoms with Gasteiger partial charge in [-0.25, -0.2) is 4.79 Å². The number of amides is 2. The highest BCUT2D eigenvalue weighted by Crippen LogP contribution is 2.19. The fraction of sp³-hybridized carbons (Fsp3) is 0.421. The molecule has 24 heavy (non-hydrogen) atoms. The number of fused-ring (bicyclic) bond motifs is 1. The largest absolute Gasteiger partial charge is 0.467 e. The predicted molar refractivity (Wildman–Crippen MR) is 91.9 cm³/mol. The lowest BCUT2D eigenvalue weighted by Crippen LogP contribution is -2.43. The predicted octanol–water partition coefficient (Wildman–Crippen LogP) is 3.17. The number of benzene rings is 1. The van der Waals surface area contributed by atoms with E-state index in [4.69, 9.17) is 9.15 Å². The average molecular weight is 328 g/mol. The molecular formula is C19H24N2O3. The van der Waals surface area contributed by atoms with Crippen molar-refractivity contribution in [2.24, 2.45) is 0 Å². The van der Waals surface area contributed by atoms with Crippen LogP contribution in [0.3, 0.4) is 0 Å². The minimum absolute atomic E-state index is 0.0414.